The number of morpholine rings is 1. The lowest BCUT2D eigenvalue weighted by Crippen LogP contribution is -2.36. The number of pyridine rings is 1. The van der Waals surface area contributed by atoms with Crippen LogP contribution >= 0.6 is 11.6 Å². The molecule has 1 aromatic carbocycles. The molecule has 1 aliphatic rings. The molecule has 1 amide bonds. The normalized spacial score (nSPS) is 15.0. The highest BCUT2D eigenvalue weighted by atomic mass is 35.5. The number of nitrogens with zero attached hydrogens (tertiary/aromatic N) is 2. The summed E-state index contributed by atoms with van der Waals surface area (Å²) in [5, 5.41) is 2.29. The van der Waals surface area contributed by atoms with Crippen LogP contribution in [0.15, 0.2) is 36.5 Å². The van der Waals surface area contributed by atoms with Gasteiger partial charge in [0.25, 0.3) is 5.91 Å². The van der Waals surface area contributed by atoms with E-state index in [-0.39, 0.29) is 16.4 Å². The quantitative estimate of drug-likeness (QED) is 0.872. The first-order chi connectivity index (χ1) is 12.3. The molecule has 0 saturated carbocycles. The van der Waals surface area contributed by atoms with E-state index >= 15 is 0 Å². The molecule has 0 unspecified atom stereocenters. The lowest BCUT2D eigenvalue weighted by molar-refractivity contribution is -0.137. The van der Waals surface area contributed by atoms with Gasteiger partial charge in [0, 0.05) is 25.0 Å². The van der Waals surface area contributed by atoms with Crippen molar-refractivity contribution < 1.29 is 22.7 Å². The molecule has 138 valence electrons. The second kappa shape index (κ2) is 7.51. The number of halogens is 4. The Hall–Kier alpha value is -2.32. The summed E-state index contributed by atoms with van der Waals surface area (Å²) in [6, 6.07) is 6.16. The minimum atomic E-state index is -4.50. The predicted molar refractivity (Wildman–Crippen MR) is 91.7 cm³/mol. The molecule has 1 saturated heterocycles. The van der Waals surface area contributed by atoms with Gasteiger partial charge in [-0.05, 0) is 30.3 Å². The Bertz CT molecular complexity index is 808. The molecule has 0 aliphatic carbocycles. The third-order valence-electron chi connectivity index (χ3n) is 3.90. The third-order valence-corrected chi connectivity index (χ3v) is 4.21. The van der Waals surface area contributed by atoms with Gasteiger partial charge in [-0.25, -0.2) is 0 Å². The van der Waals surface area contributed by atoms with Crippen molar-refractivity contribution in [3.8, 4) is 0 Å². The van der Waals surface area contributed by atoms with E-state index in [1.165, 1.54) is 6.20 Å². The first-order valence-corrected chi connectivity index (χ1v) is 8.19. The molecular weight excluding hydrogens is 371 g/mol. The van der Waals surface area contributed by atoms with Crippen LogP contribution in [0.5, 0.6) is 0 Å². The zero-order valence-corrected chi connectivity index (χ0v) is 14.3. The summed E-state index contributed by atoms with van der Waals surface area (Å²) in [5.41, 5.74) is 0.174. The van der Waals surface area contributed by atoms with Crippen molar-refractivity contribution in [3.63, 3.8) is 0 Å². The Balaban J connectivity index is 1.76. The van der Waals surface area contributed by atoms with Crippen molar-refractivity contribution in [3.05, 3.63) is 52.8 Å². The van der Waals surface area contributed by atoms with Gasteiger partial charge in [0.1, 0.15) is 5.69 Å². The number of hydrogen-bond donors (Lipinski definition) is 1. The van der Waals surface area contributed by atoms with Crippen LogP contribution in [-0.4, -0.2) is 37.2 Å². The van der Waals surface area contributed by atoms with Gasteiger partial charge in [-0.15, -0.1) is 0 Å². The van der Waals surface area contributed by atoms with Crippen molar-refractivity contribution in [1.29, 1.82) is 0 Å². The number of benzene rings is 1. The van der Waals surface area contributed by atoms with Gasteiger partial charge in [0.15, 0.2) is 0 Å². The van der Waals surface area contributed by atoms with Gasteiger partial charge in [-0.1, -0.05) is 11.6 Å². The molecule has 0 atom stereocenters. The monoisotopic (exact) mass is 385 g/mol. The van der Waals surface area contributed by atoms with E-state index in [1.807, 2.05) is 0 Å². The number of carbonyl (C=O) groups is 1. The molecule has 0 spiro atoms. The molecular formula is C17H15ClF3N3O2. The topological polar surface area (TPSA) is 54.5 Å². The van der Waals surface area contributed by atoms with E-state index in [4.69, 9.17) is 16.3 Å². The number of rotatable bonds is 3. The van der Waals surface area contributed by atoms with Gasteiger partial charge in [-0.3, -0.25) is 9.78 Å². The molecule has 5 nitrogen and oxygen atoms in total. The van der Waals surface area contributed by atoms with Crippen LogP contribution in [0.2, 0.25) is 5.02 Å². The molecule has 0 radical (unpaired) electrons. The van der Waals surface area contributed by atoms with E-state index in [0.29, 0.717) is 26.3 Å². The Morgan fingerprint density at radius 3 is 2.58 bits per heavy atom. The number of alkyl halides is 3. The fraction of sp³-hybridized carbons (Fsp3) is 0.294. The number of nitrogens with one attached hydrogen (secondary N) is 1. The van der Waals surface area contributed by atoms with Crippen molar-refractivity contribution in [2.45, 2.75) is 6.18 Å². The second-order valence-electron chi connectivity index (χ2n) is 5.65. The van der Waals surface area contributed by atoms with Crippen molar-refractivity contribution in [2.75, 3.05) is 36.5 Å². The van der Waals surface area contributed by atoms with Gasteiger partial charge in [-0.2, -0.15) is 13.2 Å². The second-order valence-corrected chi connectivity index (χ2v) is 6.05. The predicted octanol–water partition coefficient (Wildman–Crippen LogP) is 3.84. The number of carbonyl (C=O) groups excluding carboxylic acids is 1. The summed E-state index contributed by atoms with van der Waals surface area (Å²) in [4.78, 5) is 18.5. The highest BCUT2D eigenvalue weighted by Crippen LogP contribution is 2.33. The molecule has 1 aromatic heterocycles. The van der Waals surface area contributed by atoms with Crippen molar-refractivity contribution >= 4 is 28.9 Å². The molecule has 26 heavy (non-hydrogen) atoms. The summed E-state index contributed by atoms with van der Waals surface area (Å²) in [6.07, 6.45) is -2.99. The number of ether oxygens (including phenoxy) is 1. The number of amides is 1. The molecule has 0 bridgehead atoms. The van der Waals surface area contributed by atoms with Crippen LogP contribution in [0.4, 0.5) is 24.5 Å². The maximum absolute atomic E-state index is 12.7. The smallest absolute Gasteiger partial charge is 0.378 e. The minimum Gasteiger partial charge on any atom is -0.378 e. The zero-order chi connectivity index (χ0) is 18.7. The maximum atomic E-state index is 12.7. The van der Waals surface area contributed by atoms with Crippen molar-refractivity contribution in [1.82, 2.24) is 4.98 Å². The summed E-state index contributed by atoms with van der Waals surface area (Å²) >= 11 is 5.86. The number of aromatic nitrogens is 1. The standard InChI is InChI=1S/C17H15ClF3N3O2/c18-13-9-11(17(19,20)21)1-2-14(13)23-16(25)15-10-12(3-4-22-15)24-5-7-26-8-6-24/h1-4,9-10H,5-8H2,(H,23,25). The van der Waals surface area contributed by atoms with Gasteiger partial charge in [0.05, 0.1) is 29.5 Å². The van der Waals surface area contributed by atoms with E-state index in [9.17, 15) is 18.0 Å². The van der Waals surface area contributed by atoms with Crippen LogP contribution in [-0.2, 0) is 10.9 Å². The Labute approximate surface area is 152 Å². The summed E-state index contributed by atoms with van der Waals surface area (Å²) in [6.45, 7) is 2.61. The highest BCUT2D eigenvalue weighted by molar-refractivity contribution is 6.34. The average Bonchev–Trinajstić information content (AvgIpc) is 2.63. The van der Waals surface area contributed by atoms with Crippen molar-refractivity contribution in [2.24, 2.45) is 0 Å². The van der Waals surface area contributed by atoms with Crippen LogP contribution < -0.4 is 10.2 Å². The van der Waals surface area contributed by atoms with Gasteiger partial charge < -0.3 is 15.0 Å². The van der Waals surface area contributed by atoms with Crippen LogP contribution in [0.25, 0.3) is 0 Å². The molecule has 3 rings (SSSR count). The summed E-state index contributed by atoms with van der Waals surface area (Å²) in [5.74, 6) is -0.554. The zero-order valence-electron chi connectivity index (χ0n) is 13.5. The first kappa shape index (κ1) is 18.5. The fourth-order valence-corrected chi connectivity index (χ4v) is 2.77. The first-order valence-electron chi connectivity index (χ1n) is 7.81. The summed E-state index contributed by atoms with van der Waals surface area (Å²) < 4.78 is 43.3. The van der Waals surface area contributed by atoms with Gasteiger partial charge in [0.2, 0.25) is 0 Å². The largest absolute Gasteiger partial charge is 0.416 e. The minimum absolute atomic E-state index is 0.0863. The molecule has 9 heteroatoms. The van der Waals surface area contributed by atoms with E-state index in [2.05, 4.69) is 15.2 Å². The Kier molecular flexibility index (Phi) is 5.33. The van der Waals surface area contributed by atoms with E-state index < -0.39 is 17.6 Å². The lowest BCUT2D eigenvalue weighted by atomic mass is 10.2. The van der Waals surface area contributed by atoms with Crippen LogP contribution in [0, 0.1) is 0 Å². The van der Waals surface area contributed by atoms with Gasteiger partial charge >= 0.3 is 6.18 Å². The fourth-order valence-electron chi connectivity index (χ4n) is 2.54. The molecule has 1 fully saturated rings. The third kappa shape index (κ3) is 4.25. The van der Waals surface area contributed by atoms with E-state index in [0.717, 1.165) is 23.9 Å². The van der Waals surface area contributed by atoms with E-state index in [1.54, 1.807) is 12.1 Å². The Morgan fingerprint density at radius 2 is 1.92 bits per heavy atom. The maximum Gasteiger partial charge on any atom is 0.416 e. The average molecular weight is 386 g/mol. The molecule has 2 heterocycles. The molecule has 2 aromatic rings. The number of anilines is 2. The number of hydrogen-bond acceptors (Lipinski definition) is 4. The Morgan fingerprint density at radius 1 is 1.19 bits per heavy atom. The lowest BCUT2D eigenvalue weighted by Gasteiger charge is -2.28. The molecule has 1 aliphatic heterocycles. The molecule has 1 N–H and O–H groups in total. The van der Waals surface area contributed by atoms with Crippen LogP contribution in [0.3, 0.4) is 0 Å². The SMILES string of the molecule is O=C(Nc1ccc(C(F)(F)F)cc1Cl)c1cc(N2CCOCC2)ccn1. The highest BCUT2D eigenvalue weighted by Gasteiger charge is 2.31. The summed E-state index contributed by atoms with van der Waals surface area (Å²) in [7, 11) is 0. The van der Waals surface area contributed by atoms with Crippen LogP contribution in [0.1, 0.15) is 16.1 Å².